The fourth-order valence-electron chi connectivity index (χ4n) is 4.12. The maximum Gasteiger partial charge on any atom is 0.319 e. The SMILES string of the molecule is CCC(C)NC(=O)Nc1ccc2[nH]nc(C(=O)N[C@H]3CN4CCC3CC4)c2c1.O=CO. The number of carbonyl (C=O) groups is 3. The highest BCUT2D eigenvalue weighted by atomic mass is 16.3. The minimum atomic E-state index is -0.254. The first-order chi connectivity index (χ1) is 14.9. The van der Waals surface area contributed by atoms with Crippen molar-refractivity contribution >= 4 is 35.0 Å². The lowest BCUT2D eigenvalue weighted by Crippen LogP contribution is -2.57. The van der Waals surface area contributed by atoms with Gasteiger partial charge in [-0.2, -0.15) is 5.10 Å². The highest BCUT2D eigenvalue weighted by molar-refractivity contribution is 6.06. The smallest absolute Gasteiger partial charge is 0.319 e. The predicted octanol–water partition coefficient (Wildman–Crippen LogP) is 2.01. The largest absolute Gasteiger partial charge is 0.483 e. The number of hydrogen-bond acceptors (Lipinski definition) is 5. The summed E-state index contributed by atoms with van der Waals surface area (Å²) in [6.45, 7) is 6.91. The van der Waals surface area contributed by atoms with Crippen molar-refractivity contribution in [3.8, 4) is 0 Å². The van der Waals surface area contributed by atoms with Gasteiger partial charge in [0.2, 0.25) is 0 Å². The second-order valence-electron chi connectivity index (χ2n) is 8.06. The molecule has 0 radical (unpaired) electrons. The summed E-state index contributed by atoms with van der Waals surface area (Å²) >= 11 is 0. The third kappa shape index (κ3) is 5.52. The van der Waals surface area contributed by atoms with Crippen molar-refractivity contribution in [1.82, 2.24) is 25.7 Å². The molecule has 4 heterocycles. The van der Waals surface area contributed by atoms with Gasteiger partial charge in [0.25, 0.3) is 12.4 Å². The van der Waals surface area contributed by atoms with Gasteiger partial charge in [0.1, 0.15) is 0 Å². The molecule has 2 aromatic rings. The van der Waals surface area contributed by atoms with Crippen molar-refractivity contribution in [3.63, 3.8) is 0 Å². The molecule has 1 aromatic carbocycles. The van der Waals surface area contributed by atoms with Crippen LogP contribution in [0.4, 0.5) is 10.5 Å². The number of anilines is 1. The third-order valence-corrected chi connectivity index (χ3v) is 6.00. The molecule has 3 fully saturated rings. The number of rotatable bonds is 5. The van der Waals surface area contributed by atoms with Gasteiger partial charge in [0.05, 0.1) is 5.52 Å². The number of carbonyl (C=O) groups excluding carboxylic acids is 2. The summed E-state index contributed by atoms with van der Waals surface area (Å²) in [5.74, 6) is 0.395. The van der Waals surface area contributed by atoms with Gasteiger partial charge in [-0.25, -0.2) is 4.79 Å². The molecule has 3 aliphatic rings. The van der Waals surface area contributed by atoms with Crippen molar-refractivity contribution in [2.24, 2.45) is 5.92 Å². The van der Waals surface area contributed by atoms with Crippen molar-refractivity contribution < 1.29 is 19.5 Å². The van der Waals surface area contributed by atoms with Crippen LogP contribution >= 0.6 is 0 Å². The van der Waals surface area contributed by atoms with E-state index in [1.165, 1.54) is 0 Å². The van der Waals surface area contributed by atoms with Gasteiger partial charge in [0, 0.05) is 29.7 Å². The average Bonchev–Trinajstić information content (AvgIpc) is 3.18. The van der Waals surface area contributed by atoms with Crippen molar-refractivity contribution in [2.75, 3.05) is 25.0 Å². The topological polar surface area (TPSA) is 139 Å². The van der Waals surface area contributed by atoms with Gasteiger partial charge in [-0.1, -0.05) is 6.92 Å². The van der Waals surface area contributed by atoms with Gasteiger partial charge in [-0.05, 0) is 63.4 Å². The van der Waals surface area contributed by atoms with Gasteiger partial charge in [-0.3, -0.25) is 14.7 Å². The zero-order chi connectivity index (χ0) is 22.4. The Labute approximate surface area is 180 Å². The maximum absolute atomic E-state index is 12.9. The molecule has 10 heteroatoms. The van der Waals surface area contributed by atoms with E-state index >= 15 is 0 Å². The lowest BCUT2D eigenvalue weighted by molar-refractivity contribution is -0.122. The molecule has 3 amide bonds. The molecule has 0 saturated carbocycles. The molecule has 3 aliphatic heterocycles. The molecule has 3 saturated heterocycles. The minimum absolute atomic E-state index is 0.0977. The number of urea groups is 1. The number of aromatic amines is 1. The van der Waals surface area contributed by atoms with Gasteiger partial charge < -0.3 is 26.0 Å². The maximum atomic E-state index is 12.9. The van der Waals surface area contributed by atoms with E-state index in [0.717, 1.165) is 44.4 Å². The number of H-pyrrole nitrogens is 1. The fraction of sp³-hybridized carbons (Fsp3) is 0.524. The highest BCUT2D eigenvalue weighted by Crippen LogP contribution is 2.28. The summed E-state index contributed by atoms with van der Waals surface area (Å²) in [6, 6.07) is 5.44. The molecule has 31 heavy (non-hydrogen) atoms. The third-order valence-electron chi connectivity index (χ3n) is 6.00. The standard InChI is InChI=1S/C20H28N6O2.CH2O2/c1-3-12(2)21-20(28)22-14-4-5-16-15(10-14)18(25-24-16)19(27)23-17-11-26-8-6-13(17)7-9-26;2-1-3/h4-5,10,12-13,17H,3,6-9,11H2,1-2H3,(H,23,27)(H,24,25)(H2,21,22,28);1H,(H,2,3)/t12?,17-;/m0./s1. The first-order valence-electron chi connectivity index (χ1n) is 10.6. The summed E-state index contributed by atoms with van der Waals surface area (Å²) in [7, 11) is 0. The number of nitrogens with zero attached hydrogens (tertiary/aromatic N) is 2. The van der Waals surface area contributed by atoms with Gasteiger partial charge in [-0.15, -0.1) is 0 Å². The zero-order valence-electron chi connectivity index (χ0n) is 17.9. The van der Waals surface area contributed by atoms with Crippen LogP contribution in [-0.4, -0.2) is 70.3 Å². The van der Waals surface area contributed by atoms with E-state index in [9.17, 15) is 9.59 Å². The summed E-state index contributed by atoms with van der Waals surface area (Å²) < 4.78 is 0. The second kappa shape index (κ2) is 10.3. The van der Waals surface area contributed by atoms with E-state index in [1.54, 1.807) is 12.1 Å². The molecule has 0 aliphatic carbocycles. The molecular weight excluding hydrogens is 400 g/mol. The number of fused-ring (bicyclic) bond motifs is 4. The number of piperidine rings is 3. The van der Waals surface area contributed by atoms with Gasteiger partial charge in [0.15, 0.2) is 5.69 Å². The highest BCUT2D eigenvalue weighted by Gasteiger charge is 2.35. The predicted molar refractivity (Wildman–Crippen MR) is 117 cm³/mol. The van der Waals surface area contributed by atoms with Crippen LogP contribution in [0.1, 0.15) is 43.6 Å². The Morgan fingerprint density at radius 3 is 2.68 bits per heavy atom. The Kier molecular flexibility index (Phi) is 7.45. The minimum Gasteiger partial charge on any atom is -0.483 e. The Balaban J connectivity index is 0.000000858. The quantitative estimate of drug-likeness (QED) is 0.460. The van der Waals surface area contributed by atoms with Crippen LogP contribution in [-0.2, 0) is 4.79 Å². The average molecular weight is 431 g/mol. The first-order valence-corrected chi connectivity index (χ1v) is 10.6. The fourth-order valence-corrected chi connectivity index (χ4v) is 4.12. The normalized spacial score (nSPS) is 22.7. The lowest BCUT2D eigenvalue weighted by atomic mass is 9.84. The van der Waals surface area contributed by atoms with Crippen LogP contribution in [0.5, 0.6) is 0 Å². The van der Waals surface area contributed by atoms with Crippen LogP contribution < -0.4 is 16.0 Å². The molecule has 5 N–H and O–H groups in total. The van der Waals surface area contributed by atoms with Gasteiger partial charge >= 0.3 is 6.03 Å². The molecule has 10 nitrogen and oxygen atoms in total. The van der Waals surface area contributed by atoms with E-state index < -0.39 is 0 Å². The number of aromatic nitrogens is 2. The molecule has 5 rings (SSSR count). The monoisotopic (exact) mass is 430 g/mol. The second-order valence-corrected chi connectivity index (χ2v) is 8.06. The number of carboxylic acid groups (broad SMARTS) is 1. The van der Waals surface area contributed by atoms with Crippen LogP contribution in [0.15, 0.2) is 18.2 Å². The molecule has 168 valence electrons. The van der Waals surface area contributed by atoms with E-state index in [2.05, 4.69) is 31.0 Å². The number of hydrogen-bond donors (Lipinski definition) is 5. The van der Waals surface area contributed by atoms with E-state index in [4.69, 9.17) is 9.90 Å². The van der Waals surface area contributed by atoms with Crippen molar-refractivity contribution in [3.05, 3.63) is 23.9 Å². The van der Waals surface area contributed by atoms with Crippen LogP contribution in [0, 0.1) is 5.92 Å². The van der Waals surface area contributed by atoms with E-state index in [-0.39, 0.29) is 30.5 Å². The Hall–Kier alpha value is -3.14. The summed E-state index contributed by atoms with van der Waals surface area (Å²) in [4.78, 5) is 35.7. The number of benzene rings is 1. The summed E-state index contributed by atoms with van der Waals surface area (Å²) in [6.07, 6.45) is 3.15. The van der Waals surface area contributed by atoms with E-state index in [0.29, 0.717) is 22.7 Å². The van der Waals surface area contributed by atoms with Crippen LogP contribution in [0.2, 0.25) is 0 Å². The Bertz CT molecular complexity index is 922. The van der Waals surface area contributed by atoms with E-state index in [1.807, 2.05) is 19.9 Å². The number of amides is 3. The lowest BCUT2D eigenvalue weighted by Gasteiger charge is -2.44. The molecule has 1 unspecified atom stereocenters. The van der Waals surface area contributed by atoms with Crippen molar-refractivity contribution in [2.45, 2.75) is 45.2 Å². The zero-order valence-corrected chi connectivity index (χ0v) is 17.9. The molecule has 1 aromatic heterocycles. The number of nitrogens with one attached hydrogen (secondary N) is 4. The first kappa shape index (κ1) is 22.5. The van der Waals surface area contributed by atoms with Crippen LogP contribution in [0.25, 0.3) is 10.9 Å². The van der Waals surface area contributed by atoms with Crippen molar-refractivity contribution in [1.29, 1.82) is 0 Å². The Morgan fingerprint density at radius 2 is 2.06 bits per heavy atom. The molecular formula is C21H30N6O4. The summed E-state index contributed by atoms with van der Waals surface area (Å²) in [5, 5.41) is 23.6. The Morgan fingerprint density at radius 1 is 1.35 bits per heavy atom. The molecule has 2 bridgehead atoms. The molecule has 2 atom stereocenters. The summed E-state index contributed by atoms with van der Waals surface area (Å²) in [5.41, 5.74) is 1.77. The van der Waals surface area contributed by atoms with Crippen LogP contribution in [0.3, 0.4) is 0 Å². The molecule has 0 spiro atoms.